The molecule has 152 valence electrons. The third-order valence-corrected chi connectivity index (χ3v) is 7.47. The Bertz CT molecular complexity index is 902. The van der Waals surface area contributed by atoms with Crippen LogP contribution in [-0.4, -0.2) is 77.5 Å². The van der Waals surface area contributed by atoms with Gasteiger partial charge in [0.1, 0.15) is 9.84 Å². The molecule has 0 radical (unpaired) electrons. The summed E-state index contributed by atoms with van der Waals surface area (Å²) >= 11 is 0. The first-order valence-corrected chi connectivity index (χ1v) is 11.8. The Hall–Kier alpha value is -2.00. The molecule has 0 bridgehead atoms. The molecule has 28 heavy (non-hydrogen) atoms. The summed E-state index contributed by atoms with van der Waals surface area (Å²) in [7, 11) is -2.77. The molecule has 4 rings (SSSR count). The molecule has 8 nitrogen and oxygen atoms in total. The van der Waals surface area contributed by atoms with Gasteiger partial charge in [0.05, 0.1) is 17.2 Å². The number of aryl methyl sites for hydroxylation is 2. The van der Waals surface area contributed by atoms with Gasteiger partial charge in [-0.25, -0.2) is 13.1 Å². The molecule has 2 aliphatic rings. The van der Waals surface area contributed by atoms with Crippen molar-refractivity contribution in [3.05, 3.63) is 29.6 Å². The van der Waals surface area contributed by atoms with Crippen LogP contribution in [0.4, 0.5) is 5.82 Å². The van der Waals surface area contributed by atoms with Crippen LogP contribution < -0.4 is 4.90 Å². The highest BCUT2D eigenvalue weighted by Gasteiger charge is 2.27. The summed E-state index contributed by atoms with van der Waals surface area (Å²) in [5, 5.41) is 13.2. The molecule has 4 heterocycles. The van der Waals surface area contributed by atoms with Crippen LogP contribution in [0.1, 0.15) is 24.2 Å². The van der Waals surface area contributed by atoms with E-state index in [1.165, 1.54) is 0 Å². The number of sulfone groups is 1. The zero-order valence-electron chi connectivity index (χ0n) is 16.6. The average molecular weight is 405 g/mol. The first kappa shape index (κ1) is 19.3. The van der Waals surface area contributed by atoms with Gasteiger partial charge in [0.15, 0.2) is 11.6 Å². The fourth-order valence-corrected chi connectivity index (χ4v) is 5.70. The Labute approximate surface area is 166 Å². The Kier molecular flexibility index (Phi) is 5.37. The van der Waals surface area contributed by atoms with Gasteiger partial charge in [0, 0.05) is 38.4 Å². The second-order valence-electron chi connectivity index (χ2n) is 7.97. The zero-order chi connectivity index (χ0) is 19.7. The van der Waals surface area contributed by atoms with E-state index >= 15 is 0 Å². The van der Waals surface area contributed by atoms with Gasteiger partial charge < -0.3 is 4.90 Å². The van der Waals surface area contributed by atoms with Crippen LogP contribution in [-0.2, 0) is 9.84 Å². The molecule has 2 aliphatic heterocycles. The van der Waals surface area contributed by atoms with Crippen molar-refractivity contribution in [2.45, 2.75) is 26.7 Å². The maximum Gasteiger partial charge on any atom is 0.176 e. The van der Waals surface area contributed by atoms with E-state index < -0.39 is 9.84 Å². The Morgan fingerprint density at radius 1 is 1.00 bits per heavy atom. The van der Waals surface area contributed by atoms with Crippen molar-refractivity contribution in [3.8, 4) is 5.82 Å². The third kappa shape index (κ3) is 4.35. The maximum absolute atomic E-state index is 11.6. The quantitative estimate of drug-likeness (QED) is 0.758. The maximum atomic E-state index is 11.6. The van der Waals surface area contributed by atoms with Gasteiger partial charge in [0.25, 0.3) is 0 Å². The predicted molar refractivity (Wildman–Crippen MR) is 109 cm³/mol. The minimum atomic E-state index is -2.77. The minimum absolute atomic E-state index is 0.356. The summed E-state index contributed by atoms with van der Waals surface area (Å²) in [6.07, 6.45) is 1.61. The number of hydrogen-bond acceptors (Lipinski definition) is 7. The summed E-state index contributed by atoms with van der Waals surface area (Å²) in [6.45, 7) is 8.77. The molecule has 0 N–H and O–H groups in total. The standard InChI is InChI=1S/C19H28N6O2S/c1-15-13-16(2)25(22-15)19-4-3-18(20-21-19)24-9-7-23(8-10-24)14-17-5-11-28(26,27)12-6-17/h3-4,13,17H,5-12,14H2,1-2H3. The summed E-state index contributed by atoms with van der Waals surface area (Å²) in [5.74, 6) is 2.85. The average Bonchev–Trinajstić information content (AvgIpc) is 3.02. The number of hydrogen-bond donors (Lipinski definition) is 0. The normalized spacial score (nSPS) is 21.1. The smallest absolute Gasteiger partial charge is 0.176 e. The van der Waals surface area contributed by atoms with E-state index in [0.717, 1.165) is 68.6 Å². The second kappa shape index (κ2) is 7.79. The largest absolute Gasteiger partial charge is 0.353 e. The van der Waals surface area contributed by atoms with Crippen molar-refractivity contribution in [1.82, 2.24) is 24.9 Å². The van der Waals surface area contributed by atoms with Gasteiger partial charge in [0.2, 0.25) is 0 Å². The van der Waals surface area contributed by atoms with E-state index in [0.29, 0.717) is 17.4 Å². The molecule has 0 amide bonds. The highest BCUT2D eigenvalue weighted by atomic mass is 32.2. The molecule has 0 atom stereocenters. The van der Waals surface area contributed by atoms with Gasteiger partial charge in [-0.2, -0.15) is 5.10 Å². The number of rotatable bonds is 4. The van der Waals surface area contributed by atoms with Crippen molar-refractivity contribution in [2.75, 3.05) is 49.1 Å². The number of anilines is 1. The monoisotopic (exact) mass is 404 g/mol. The summed E-state index contributed by atoms with van der Waals surface area (Å²) < 4.78 is 25.0. The van der Waals surface area contributed by atoms with Gasteiger partial charge >= 0.3 is 0 Å². The number of nitrogens with zero attached hydrogens (tertiary/aromatic N) is 6. The summed E-state index contributed by atoms with van der Waals surface area (Å²) in [4.78, 5) is 4.72. The van der Waals surface area contributed by atoms with Gasteiger partial charge in [-0.05, 0) is 50.8 Å². The fraction of sp³-hybridized carbons (Fsp3) is 0.632. The lowest BCUT2D eigenvalue weighted by atomic mass is 10.0. The van der Waals surface area contributed by atoms with Crippen molar-refractivity contribution < 1.29 is 8.42 Å². The first-order chi connectivity index (χ1) is 13.4. The Balaban J connectivity index is 1.31. The molecule has 0 spiro atoms. The highest BCUT2D eigenvalue weighted by molar-refractivity contribution is 7.91. The Morgan fingerprint density at radius 2 is 1.64 bits per heavy atom. The zero-order valence-corrected chi connectivity index (χ0v) is 17.4. The van der Waals surface area contributed by atoms with Crippen LogP contribution >= 0.6 is 0 Å². The third-order valence-electron chi connectivity index (χ3n) is 5.75. The van der Waals surface area contributed by atoms with E-state index in [-0.39, 0.29) is 0 Å². The van der Waals surface area contributed by atoms with Crippen molar-refractivity contribution in [3.63, 3.8) is 0 Å². The molecule has 2 aromatic heterocycles. The predicted octanol–water partition coefficient (Wildman–Crippen LogP) is 1.23. The minimum Gasteiger partial charge on any atom is -0.353 e. The lowest BCUT2D eigenvalue weighted by Gasteiger charge is -2.37. The summed E-state index contributed by atoms with van der Waals surface area (Å²) in [5.41, 5.74) is 2.01. The van der Waals surface area contributed by atoms with Gasteiger partial charge in [-0.1, -0.05) is 0 Å². The van der Waals surface area contributed by atoms with Crippen LogP contribution in [0, 0.1) is 19.8 Å². The van der Waals surface area contributed by atoms with Crippen LogP contribution in [0.3, 0.4) is 0 Å². The number of aromatic nitrogens is 4. The number of piperazine rings is 1. The van der Waals surface area contributed by atoms with Gasteiger partial charge in [-0.15, -0.1) is 10.2 Å². The molecule has 0 aromatic carbocycles. The lowest BCUT2D eigenvalue weighted by molar-refractivity contribution is 0.210. The molecule has 0 aliphatic carbocycles. The van der Waals surface area contributed by atoms with Gasteiger partial charge in [-0.3, -0.25) is 4.90 Å². The molecular formula is C19H28N6O2S. The molecule has 9 heteroatoms. The van der Waals surface area contributed by atoms with E-state index in [9.17, 15) is 8.42 Å². The van der Waals surface area contributed by atoms with Crippen LogP contribution in [0.15, 0.2) is 18.2 Å². The van der Waals surface area contributed by atoms with Crippen molar-refractivity contribution >= 4 is 15.7 Å². The van der Waals surface area contributed by atoms with E-state index in [4.69, 9.17) is 0 Å². The molecule has 0 saturated carbocycles. The van der Waals surface area contributed by atoms with Crippen LogP contribution in [0.5, 0.6) is 0 Å². The molecule has 2 saturated heterocycles. The summed E-state index contributed by atoms with van der Waals surface area (Å²) in [6, 6.07) is 6.01. The van der Waals surface area contributed by atoms with Crippen molar-refractivity contribution in [1.29, 1.82) is 0 Å². The molecular weight excluding hydrogens is 376 g/mol. The molecule has 2 aromatic rings. The highest BCUT2D eigenvalue weighted by Crippen LogP contribution is 2.21. The van der Waals surface area contributed by atoms with Crippen LogP contribution in [0.2, 0.25) is 0 Å². The van der Waals surface area contributed by atoms with Crippen molar-refractivity contribution in [2.24, 2.45) is 5.92 Å². The fourth-order valence-electron chi connectivity index (χ4n) is 4.11. The lowest BCUT2D eigenvalue weighted by Crippen LogP contribution is -2.48. The Morgan fingerprint density at radius 3 is 2.21 bits per heavy atom. The van der Waals surface area contributed by atoms with E-state index in [2.05, 4.69) is 25.1 Å². The topological polar surface area (TPSA) is 84.2 Å². The first-order valence-electron chi connectivity index (χ1n) is 9.95. The molecule has 0 unspecified atom stereocenters. The SMILES string of the molecule is Cc1cc(C)n(-c2ccc(N3CCN(CC4CCS(=O)(=O)CC4)CC3)nn2)n1. The van der Waals surface area contributed by atoms with E-state index in [1.807, 2.05) is 36.7 Å². The molecule has 2 fully saturated rings. The second-order valence-corrected chi connectivity index (χ2v) is 10.3. The van der Waals surface area contributed by atoms with E-state index in [1.54, 1.807) is 0 Å². The van der Waals surface area contributed by atoms with Crippen LogP contribution in [0.25, 0.3) is 5.82 Å².